The van der Waals surface area contributed by atoms with Crippen molar-refractivity contribution in [3.8, 4) is 5.75 Å². The minimum Gasteiger partial charge on any atom is -0.491 e. The molecular weight excluding hydrogens is 336 g/mol. The summed E-state index contributed by atoms with van der Waals surface area (Å²) in [4.78, 5) is 34.9. The van der Waals surface area contributed by atoms with E-state index >= 15 is 0 Å². The van der Waals surface area contributed by atoms with Crippen molar-refractivity contribution >= 4 is 11.8 Å². The van der Waals surface area contributed by atoms with Crippen LogP contribution in [0.5, 0.6) is 5.75 Å². The number of hydrogen-bond acceptors (Lipinski definition) is 6. The van der Waals surface area contributed by atoms with Crippen LogP contribution in [0.4, 0.5) is 0 Å². The van der Waals surface area contributed by atoms with Gasteiger partial charge < -0.3 is 9.64 Å². The molecule has 0 spiro atoms. The number of aromatic nitrogens is 2. The van der Waals surface area contributed by atoms with Gasteiger partial charge in [0.1, 0.15) is 12.4 Å². The lowest BCUT2D eigenvalue weighted by atomic mass is 10.00. The van der Waals surface area contributed by atoms with E-state index < -0.39 is 11.3 Å². The first kappa shape index (κ1) is 16.5. The lowest BCUT2D eigenvalue weighted by Crippen LogP contribution is -2.40. The van der Waals surface area contributed by atoms with Crippen LogP contribution in [0.25, 0.3) is 0 Å². The van der Waals surface area contributed by atoms with Crippen LogP contribution in [-0.4, -0.2) is 45.0 Å². The number of fused-ring (bicyclic) bond motifs is 1. The molecule has 1 aliphatic carbocycles. The third-order valence-electron chi connectivity index (χ3n) is 4.91. The molecule has 0 bridgehead atoms. The van der Waals surface area contributed by atoms with E-state index in [-0.39, 0.29) is 5.91 Å². The molecule has 0 unspecified atom stereocenters. The molecule has 2 aromatic rings. The van der Waals surface area contributed by atoms with Crippen molar-refractivity contribution < 1.29 is 19.5 Å². The van der Waals surface area contributed by atoms with Crippen LogP contribution in [0.2, 0.25) is 0 Å². The van der Waals surface area contributed by atoms with E-state index in [1.54, 1.807) is 47.2 Å². The predicted molar refractivity (Wildman–Crippen MR) is 89.6 cm³/mol. The second-order valence-corrected chi connectivity index (χ2v) is 6.51. The summed E-state index contributed by atoms with van der Waals surface area (Å²) in [6, 6.07) is 4.91. The number of carbonyl (C=O) groups excluding carboxylic acids is 2. The van der Waals surface area contributed by atoms with Gasteiger partial charge in [-0.1, -0.05) is 6.07 Å². The highest BCUT2D eigenvalue weighted by Gasteiger charge is 2.54. The number of hydroxylamine groups is 1. The third kappa shape index (κ3) is 2.78. The number of hydrogen-bond donors (Lipinski definition) is 2. The monoisotopic (exact) mass is 354 g/mol. The summed E-state index contributed by atoms with van der Waals surface area (Å²) in [7, 11) is 0. The molecule has 2 N–H and O–H groups in total. The zero-order valence-electron chi connectivity index (χ0n) is 14.0. The number of ether oxygens (including phenoxy) is 1. The fourth-order valence-electron chi connectivity index (χ4n) is 3.30. The summed E-state index contributed by atoms with van der Waals surface area (Å²) in [5.74, 6) is -0.0226. The fraction of sp³-hybridized carbons (Fsp3) is 0.333. The van der Waals surface area contributed by atoms with Crippen molar-refractivity contribution in [3.63, 3.8) is 0 Å². The summed E-state index contributed by atoms with van der Waals surface area (Å²) in [6.45, 7) is 1.19. The summed E-state index contributed by atoms with van der Waals surface area (Å²) in [5.41, 5.74) is 2.86. The first-order valence-electron chi connectivity index (χ1n) is 8.40. The van der Waals surface area contributed by atoms with E-state index in [4.69, 9.17) is 9.94 Å². The lowest BCUT2D eigenvalue weighted by Gasteiger charge is -2.25. The van der Waals surface area contributed by atoms with Crippen molar-refractivity contribution in [1.82, 2.24) is 20.3 Å². The minimum atomic E-state index is -0.604. The Balaban J connectivity index is 1.58. The van der Waals surface area contributed by atoms with Gasteiger partial charge in [0, 0.05) is 36.3 Å². The van der Waals surface area contributed by atoms with Gasteiger partial charge in [0.15, 0.2) is 0 Å². The maximum absolute atomic E-state index is 13.2. The molecule has 0 atom stereocenters. The SMILES string of the molecule is O=C(NO)c1ccc2c(c1)OCCN(C(=O)C1(c3cnccn3)CC1)C2. The van der Waals surface area contributed by atoms with Crippen molar-refractivity contribution in [1.29, 1.82) is 0 Å². The van der Waals surface area contributed by atoms with Gasteiger partial charge in [0.25, 0.3) is 5.91 Å². The molecule has 8 heteroatoms. The highest BCUT2D eigenvalue weighted by Crippen LogP contribution is 2.49. The van der Waals surface area contributed by atoms with Crippen LogP contribution in [0.1, 0.15) is 34.5 Å². The van der Waals surface area contributed by atoms with E-state index in [1.165, 1.54) is 0 Å². The molecule has 1 aromatic heterocycles. The summed E-state index contributed by atoms with van der Waals surface area (Å²) < 4.78 is 5.72. The Morgan fingerprint density at radius 2 is 2.12 bits per heavy atom. The Hall–Kier alpha value is -3.00. The molecule has 1 fully saturated rings. The predicted octanol–water partition coefficient (Wildman–Crippen LogP) is 1.05. The molecule has 1 aromatic carbocycles. The second-order valence-electron chi connectivity index (χ2n) is 6.51. The van der Waals surface area contributed by atoms with Crippen LogP contribution in [0, 0.1) is 0 Å². The number of nitrogens with zero attached hydrogens (tertiary/aromatic N) is 3. The Kier molecular flexibility index (Phi) is 4.04. The van der Waals surface area contributed by atoms with E-state index in [0.717, 1.165) is 18.4 Å². The van der Waals surface area contributed by atoms with Crippen molar-refractivity contribution in [2.45, 2.75) is 24.8 Å². The Labute approximate surface area is 149 Å². The second kappa shape index (κ2) is 6.38. The molecule has 8 nitrogen and oxygen atoms in total. The van der Waals surface area contributed by atoms with E-state index in [2.05, 4.69) is 9.97 Å². The number of carbonyl (C=O) groups is 2. The van der Waals surface area contributed by atoms with E-state index in [0.29, 0.717) is 36.7 Å². The number of nitrogens with one attached hydrogen (secondary N) is 1. The number of amides is 2. The van der Waals surface area contributed by atoms with Crippen LogP contribution < -0.4 is 10.2 Å². The van der Waals surface area contributed by atoms with Gasteiger partial charge in [-0.3, -0.25) is 24.8 Å². The van der Waals surface area contributed by atoms with Gasteiger partial charge in [-0.25, -0.2) is 5.48 Å². The fourth-order valence-corrected chi connectivity index (χ4v) is 3.30. The standard InChI is InChI=1S/C18H18N4O4/c23-16(21-25)12-1-2-13-11-22(7-8-26-14(13)9-12)17(24)18(3-4-18)15-10-19-5-6-20-15/h1-2,5-6,9-10,25H,3-4,7-8,11H2,(H,21,23). The molecule has 4 rings (SSSR count). The van der Waals surface area contributed by atoms with Crippen LogP contribution in [-0.2, 0) is 16.8 Å². The largest absolute Gasteiger partial charge is 0.491 e. The molecule has 26 heavy (non-hydrogen) atoms. The van der Waals surface area contributed by atoms with Crippen molar-refractivity contribution in [2.75, 3.05) is 13.2 Å². The lowest BCUT2D eigenvalue weighted by molar-refractivity contribution is -0.134. The highest BCUT2D eigenvalue weighted by molar-refractivity contribution is 5.94. The third-order valence-corrected chi connectivity index (χ3v) is 4.91. The molecule has 0 radical (unpaired) electrons. The van der Waals surface area contributed by atoms with Crippen molar-refractivity contribution in [3.05, 3.63) is 53.6 Å². The normalized spacial score (nSPS) is 17.5. The van der Waals surface area contributed by atoms with Crippen LogP contribution >= 0.6 is 0 Å². The molecule has 1 saturated carbocycles. The van der Waals surface area contributed by atoms with Gasteiger partial charge in [-0.15, -0.1) is 0 Å². The summed E-state index contributed by atoms with van der Waals surface area (Å²) in [5, 5.41) is 8.76. The van der Waals surface area contributed by atoms with Gasteiger partial charge in [-0.2, -0.15) is 0 Å². The maximum atomic E-state index is 13.2. The van der Waals surface area contributed by atoms with E-state index in [1.807, 2.05) is 0 Å². The molecule has 134 valence electrons. The molecule has 2 amide bonds. The maximum Gasteiger partial charge on any atom is 0.274 e. The van der Waals surface area contributed by atoms with Crippen LogP contribution in [0.3, 0.4) is 0 Å². The Morgan fingerprint density at radius 1 is 1.27 bits per heavy atom. The smallest absolute Gasteiger partial charge is 0.274 e. The topological polar surface area (TPSA) is 105 Å². The Morgan fingerprint density at radius 3 is 2.81 bits per heavy atom. The first-order valence-corrected chi connectivity index (χ1v) is 8.40. The average molecular weight is 354 g/mol. The van der Waals surface area contributed by atoms with Gasteiger partial charge >= 0.3 is 0 Å². The first-order chi connectivity index (χ1) is 12.6. The van der Waals surface area contributed by atoms with E-state index in [9.17, 15) is 9.59 Å². The number of rotatable bonds is 3. The van der Waals surface area contributed by atoms with Gasteiger partial charge in [0.2, 0.25) is 5.91 Å². The van der Waals surface area contributed by atoms with Gasteiger partial charge in [-0.05, 0) is 25.0 Å². The molecule has 2 aliphatic rings. The molecule has 1 aliphatic heterocycles. The zero-order chi connectivity index (χ0) is 18.1. The Bertz CT molecular complexity index is 852. The number of benzene rings is 1. The average Bonchev–Trinajstić information content (AvgIpc) is 3.51. The molecular formula is C18H18N4O4. The summed E-state index contributed by atoms with van der Waals surface area (Å²) >= 11 is 0. The summed E-state index contributed by atoms with van der Waals surface area (Å²) in [6.07, 6.45) is 6.40. The molecule has 0 saturated heterocycles. The molecule has 2 heterocycles. The minimum absolute atomic E-state index is 0.0339. The quantitative estimate of drug-likeness (QED) is 0.631. The van der Waals surface area contributed by atoms with Gasteiger partial charge in [0.05, 0.1) is 17.7 Å². The highest BCUT2D eigenvalue weighted by atomic mass is 16.5. The zero-order valence-corrected chi connectivity index (χ0v) is 14.0. The van der Waals surface area contributed by atoms with Crippen molar-refractivity contribution in [2.24, 2.45) is 0 Å². The van der Waals surface area contributed by atoms with Crippen LogP contribution in [0.15, 0.2) is 36.8 Å².